The average Bonchev–Trinajstić information content (AvgIpc) is 2.21. The van der Waals surface area contributed by atoms with Gasteiger partial charge in [0.1, 0.15) is 0 Å². The summed E-state index contributed by atoms with van der Waals surface area (Å²) in [5.74, 6) is 0. The molecular weight excluding hydrogens is 176 g/mol. The van der Waals surface area contributed by atoms with Crippen LogP contribution in [0.3, 0.4) is 0 Å². The van der Waals surface area contributed by atoms with E-state index in [2.05, 4.69) is 23.7 Å². The molecule has 14 heavy (non-hydrogen) atoms. The topological polar surface area (TPSA) is 24.5 Å². The van der Waals surface area contributed by atoms with Gasteiger partial charge in [0.2, 0.25) is 0 Å². The van der Waals surface area contributed by atoms with Crippen molar-refractivity contribution >= 4 is 0 Å². The number of nitrogens with zero attached hydrogens (tertiary/aromatic N) is 1. The summed E-state index contributed by atoms with van der Waals surface area (Å²) in [4.78, 5) is 2.46. The first kappa shape index (κ1) is 11.7. The van der Waals surface area contributed by atoms with Crippen LogP contribution in [0.1, 0.15) is 13.3 Å². The summed E-state index contributed by atoms with van der Waals surface area (Å²) in [7, 11) is 1.95. The van der Waals surface area contributed by atoms with Gasteiger partial charge in [-0.2, -0.15) is 0 Å². The van der Waals surface area contributed by atoms with Gasteiger partial charge in [-0.25, -0.2) is 0 Å². The molecule has 0 bridgehead atoms. The molecule has 2 unspecified atom stereocenters. The van der Waals surface area contributed by atoms with Crippen LogP contribution >= 0.6 is 0 Å². The predicted molar refractivity (Wildman–Crippen MR) is 59.5 cm³/mol. The SMILES string of the molecule is C=CC(NC)C1CN(CCC)CCO1. The molecule has 1 heterocycles. The van der Waals surface area contributed by atoms with E-state index >= 15 is 0 Å². The van der Waals surface area contributed by atoms with E-state index in [1.807, 2.05) is 13.1 Å². The Morgan fingerprint density at radius 2 is 2.50 bits per heavy atom. The van der Waals surface area contributed by atoms with E-state index in [4.69, 9.17) is 4.74 Å². The zero-order chi connectivity index (χ0) is 10.4. The third-order valence-electron chi connectivity index (χ3n) is 2.71. The first-order valence-corrected chi connectivity index (χ1v) is 5.45. The molecule has 0 aliphatic carbocycles. The van der Waals surface area contributed by atoms with E-state index in [1.165, 1.54) is 13.0 Å². The molecule has 3 nitrogen and oxygen atoms in total. The molecule has 0 radical (unpaired) electrons. The van der Waals surface area contributed by atoms with Gasteiger partial charge in [-0.15, -0.1) is 6.58 Å². The number of rotatable bonds is 5. The summed E-state index contributed by atoms with van der Waals surface area (Å²) in [6.45, 7) is 10.1. The van der Waals surface area contributed by atoms with E-state index < -0.39 is 0 Å². The molecule has 0 aromatic carbocycles. The molecule has 3 heteroatoms. The van der Waals surface area contributed by atoms with Crippen molar-refractivity contribution in [3.8, 4) is 0 Å². The molecule has 1 fully saturated rings. The third kappa shape index (κ3) is 3.08. The highest BCUT2D eigenvalue weighted by molar-refractivity contribution is 4.93. The molecule has 1 saturated heterocycles. The molecule has 2 atom stereocenters. The maximum atomic E-state index is 5.72. The number of hydrogen-bond donors (Lipinski definition) is 1. The van der Waals surface area contributed by atoms with Crippen LogP contribution < -0.4 is 5.32 Å². The van der Waals surface area contributed by atoms with E-state index in [0.717, 1.165) is 19.7 Å². The highest BCUT2D eigenvalue weighted by Crippen LogP contribution is 2.09. The second-order valence-corrected chi connectivity index (χ2v) is 3.76. The number of ether oxygens (including phenoxy) is 1. The van der Waals surface area contributed by atoms with Gasteiger partial charge < -0.3 is 10.1 Å². The lowest BCUT2D eigenvalue weighted by atomic mass is 10.1. The summed E-state index contributed by atoms with van der Waals surface area (Å²) >= 11 is 0. The molecule has 0 aromatic rings. The lowest BCUT2D eigenvalue weighted by molar-refractivity contribution is -0.0376. The van der Waals surface area contributed by atoms with Gasteiger partial charge in [0, 0.05) is 13.1 Å². The minimum Gasteiger partial charge on any atom is -0.374 e. The highest BCUT2D eigenvalue weighted by atomic mass is 16.5. The van der Waals surface area contributed by atoms with Crippen molar-refractivity contribution in [1.29, 1.82) is 0 Å². The second-order valence-electron chi connectivity index (χ2n) is 3.76. The fourth-order valence-corrected chi connectivity index (χ4v) is 1.92. The van der Waals surface area contributed by atoms with Crippen LogP contribution in [-0.2, 0) is 4.74 Å². The predicted octanol–water partition coefficient (Wildman–Crippen LogP) is 0.871. The maximum Gasteiger partial charge on any atom is 0.0890 e. The monoisotopic (exact) mass is 198 g/mol. The van der Waals surface area contributed by atoms with Crippen molar-refractivity contribution in [3.63, 3.8) is 0 Å². The van der Waals surface area contributed by atoms with Crippen LogP contribution in [0.25, 0.3) is 0 Å². The average molecular weight is 198 g/mol. The van der Waals surface area contributed by atoms with Crippen molar-refractivity contribution in [2.45, 2.75) is 25.5 Å². The van der Waals surface area contributed by atoms with Crippen molar-refractivity contribution in [2.75, 3.05) is 33.3 Å². The summed E-state index contributed by atoms with van der Waals surface area (Å²) in [6, 6.07) is 0.273. The molecule has 82 valence electrons. The smallest absolute Gasteiger partial charge is 0.0890 e. The van der Waals surface area contributed by atoms with E-state index in [1.54, 1.807) is 0 Å². The van der Waals surface area contributed by atoms with Crippen molar-refractivity contribution in [2.24, 2.45) is 0 Å². The summed E-state index contributed by atoms with van der Waals surface area (Å²) in [5, 5.41) is 3.21. The van der Waals surface area contributed by atoms with E-state index in [-0.39, 0.29) is 12.1 Å². The minimum atomic E-state index is 0.262. The Balaban J connectivity index is 2.41. The van der Waals surface area contributed by atoms with Crippen LogP contribution in [0.5, 0.6) is 0 Å². The van der Waals surface area contributed by atoms with Gasteiger partial charge in [0.15, 0.2) is 0 Å². The Kier molecular flexibility index (Phi) is 5.15. The van der Waals surface area contributed by atoms with Gasteiger partial charge >= 0.3 is 0 Å². The molecule has 1 N–H and O–H groups in total. The number of likely N-dealkylation sites (N-methyl/N-ethyl adjacent to an activating group) is 1. The Labute approximate surface area is 87.1 Å². The summed E-state index contributed by atoms with van der Waals surface area (Å²) in [6.07, 6.45) is 3.41. The van der Waals surface area contributed by atoms with Gasteiger partial charge in [-0.1, -0.05) is 13.0 Å². The first-order chi connectivity index (χ1) is 6.81. The van der Waals surface area contributed by atoms with Gasteiger partial charge in [-0.05, 0) is 20.0 Å². The minimum absolute atomic E-state index is 0.262. The largest absolute Gasteiger partial charge is 0.374 e. The number of hydrogen-bond acceptors (Lipinski definition) is 3. The Morgan fingerprint density at radius 1 is 1.71 bits per heavy atom. The zero-order valence-electron chi connectivity index (χ0n) is 9.33. The van der Waals surface area contributed by atoms with E-state index in [9.17, 15) is 0 Å². The Hall–Kier alpha value is -0.380. The molecule has 0 aromatic heterocycles. The van der Waals surface area contributed by atoms with E-state index in [0.29, 0.717) is 0 Å². The van der Waals surface area contributed by atoms with Crippen LogP contribution in [-0.4, -0.2) is 50.3 Å². The van der Waals surface area contributed by atoms with Crippen molar-refractivity contribution in [1.82, 2.24) is 10.2 Å². The molecule has 1 aliphatic heterocycles. The summed E-state index contributed by atoms with van der Waals surface area (Å²) < 4.78 is 5.72. The molecular formula is C11H22N2O. The molecule has 0 saturated carbocycles. The van der Waals surface area contributed by atoms with Crippen molar-refractivity contribution < 1.29 is 4.74 Å². The lowest BCUT2D eigenvalue weighted by Crippen LogP contribution is -2.50. The van der Waals surface area contributed by atoms with Crippen LogP contribution in [0.4, 0.5) is 0 Å². The maximum absolute atomic E-state index is 5.72. The van der Waals surface area contributed by atoms with Crippen LogP contribution in [0.2, 0.25) is 0 Å². The molecule has 0 amide bonds. The Bertz CT molecular complexity index is 171. The number of morpholine rings is 1. The van der Waals surface area contributed by atoms with Gasteiger partial charge in [0.25, 0.3) is 0 Å². The normalized spacial score (nSPS) is 26.0. The van der Waals surface area contributed by atoms with Gasteiger partial charge in [0.05, 0.1) is 18.8 Å². The number of nitrogens with one attached hydrogen (secondary N) is 1. The van der Waals surface area contributed by atoms with Crippen LogP contribution in [0.15, 0.2) is 12.7 Å². The van der Waals surface area contributed by atoms with Crippen molar-refractivity contribution in [3.05, 3.63) is 12.7 Å². The molecule has 1 rings (SSSR count). The lowest BCUT2D eigenvalue weighted by Gasteiger charge is -2.35. The molecule has 1 aliphatic rings. The standard InChI is InChI=1S/C11H22N2O/c1-4-6-13-7-8-14-11(9-13)10(5-2)12-3/h5,10-12H,2,4,6-9H2,1,3H3. The Morgan fingerprint density at radius 3 is 3.07 bits per heavy atom. The zero-order valence-corrected chi connectivity index (χ0v) is 9.33. The molecule has 0 spiro atoms. The second kappa shape index (κ2) is 6.17. The van der Waals surface area contributed by atoms with Crippen LogP contribution in [0, 0.1) is 0 Å². The van der Waals surface area contributed by atoms with Gasteiger partial charge in [-0.3, -0.25) is 4.90 Å². The summed E-state index contributed by atoms with van der Waals surface area (Å²) in [5.41, 5.74) is 0. The quantitative estimate of drug-likeness (QED) is 0.663. The third-order valence-corrected chi connectivity index (χ3v) is 2.71. The fourth-order valence-electron chi connectivity index (χ4n) is 1.92. The highest BCUT2D eigenvalue weighted by Gasteiger charge is 2.24. The first-order valence-electron chi connectivity index (χ1n) is 5.45. The fraction of sp³-hybridized carbons (Fsp3) is 0.818.